The molecule has 20 heavy (non-hydrogen) atoms. The Kier molecular flexibility index (Phi) is 4.61. The third kappa shape index (κ3) is 3.29. The summed E-state index contributed by atoms with van der Waals surface area (Å²) in [7, 11) is 1.36. The molecule has 0 aliphatic carbocycles. The number of benzene rings is 1. The molecule has 1 aromatic carbocycles. The Balaban J connectivity index is 1.91. The van der Waals surface area contributed by atoms with Gasteiger partial charge in [0.05, 0.1) is 7.11 Å². The Hall–Kier alpha value is -2.04. The molecule has 0 bridgehead atoms. The van der Waals surface area contributed by atoms with E-state index in [1.165, 1.54) is 7.11 Å². The van der Waals surface area contributed by atoms with Crippen molar-refractivity contribution in [3.63, 3.8) is 0 Å². The van der Waals surface area contributed by atoms with Crippen molar-refractivity contribution in [3.8, 4) is 0 Å². The lowest BCUT2D eigenvalue weighted by Gasteiger charge is -2.22. The maximum absolute atomic E-state index is 12.2. The van der Waals surface area contributed by atoms with Gasteiger partial charge >= 0.3 is 5.97 Å². The summed E-state index contributed by atoms with van der Waals surface area (Å²) in [5.41, 5.74) is 7.41. The Morgan fingerprint density at radius 3 is 2.70 bits per heavy atom. The zero-order valence-electron chi connectivity index (χ0n) is 11.7. The van der Waals surface area contributed by atoms with Crippen molar-refractivity contribution < 1.29 is 14.3 Å². The number of hydrogen-bond acceptors (Lipinski definition) is 4. The summed E-state index contributed by atoms with van der Waals surface area (Å²) in [5, 5.41) is 0. The number of aryl methyl sites for hydroxylation is 1. The van der Waals surface area contributed by atoms with Crippen molar-refractivity contribution in [2.75, 3.05) is 19.4 Å². The highest BCUT2D eigenvalue weighted by Gasteiger charge is 2.34. The highest BCUT2D eigenvalue weighted by molar-refractivity contribution is 5.85. The Bertz CT molecular complexity index is 484. The van der Waals surface area contributed by atoms with Crippen LogP contribution in [-0.2, 0) is 20.7 Å². The average molecular weight is 276 g/mol. The standard InChI is InChI=1S/C15H20N2O3/c1-20-15(19)13-3-2-10-17(13)14(18)9-6-11-4-7-12(16)8-5-11/h4-5,7-8,13H,2-3,6,9-10,16H2,1H3. The highest BCUT2D eigenvalue weighted by Crippen LogP contribution is 2.20. The van der Waals surface area contributed by atoms with E-state index in [-0.39, 0.29) is 11.9 Å². The van der Waals surface area contributed by atoms with Crippen molar-refractivity contribution >= 4 is 17.6 Å². The molecule has 1 aromatic rings. The maximum Gasteiger partial charge on any atom is 0.328 e. The van der Waals surface area contributed by atoms with Gasteiger partial charge in [-0.25, -0.2) is 4.79 Å². The third-order valence-electron chi connectivity index (χ3n) is 3.65. The lowest BCUT2D eigenvalue weighted by molar-refractivity contribution is -0.150. The first-order valence-electron chi connectivity index (χ1n) is 6.83. The van der Waals surface area contributed by atoms with Crippen LogP contribution >= 0.6 is 0 Å². The lowest BCUT2D eigenvalue weighted by Crippen LogP contribution is -2.41. The Morgan fingerprint density at radius 2 is 2.05 bits per heavy atom. The minimum Gasteiger partial charge on any atom is -0.467 e. The lowest BCUT2D eigenvalue weighted by atomic mass is 10.1. The normalized spacial score (nSPS) is 18.1. The fraction of sp³-hybridized carbons (Fsp3) is 0.467. The van der Waals surface area contributed by atoms with Gasteiger partial charge in [0, 0.05) is 18.7 Å². The van der Waals surface area contributed by atoms with Gasteiger partial charge in [-0.1, -0.05) is 12.1 Å². The molecule has 1 heterocycles. The number of carbonyl (C=O) groups is 2. The van der Waals surface area contributed by atoms with E-state index in [1.807, 2.05) is 24.3 Å². The fourth-order valence-corrected chi connectivity index (χ4v) is 2.53. The molecule has 0 radical (unpaired) electrons. The molecule has 2 N–H and O–H groups in total. The molecule has 5 heteroatoms. The van der Waals surface area contributed by atoms with Crippen LogP contribution in [0.3, 0.4) is 0 Å². The molecular formula is C15H20N2O3. The van der Waals surface area contributed by atoms with E-state index < -0.39 is 6.04 Å². The molecule has 0 saturated carbocycles. The van der Waals surface area contributed by atoms with E-state index in [2.05, 4.69) is 0 Å². The molecule has 1 amide bonds. The first kappa shape index (κ1) is 14.4. The van der Waals surface area contributed by atoms with Crippen LogP contribution in [-0.4, -0.2) is 36.5 Å². The van der Waals surface area contributed by atoms with Crippen LogP contribution in [0.4, 0.5) is 5.69 Å². The molecule has 0 aromatic heterocycles. The molecule has 1 saturated heterocycles. The smallest absolute Gasteiger partial charge is 0.328 e. The molecule has 1 fully saturated rings. The summed E-state index contributed by atoms with van der Waals surface area (Å²) in [6.07, 6.45) is 2.61. The van der Waals surface area contributed by atoms with Crippen LogP contribution in [0, 0.1) is 0 Å². The molecule has 1 unspecified atom stereocenters. The monoisotopic (exact) mass is 276 g/mol. The number of amides is 1. The van der Waals surface area contributed by atoms with E-state index in [1.54, 1.807) is 4.90 Å². The van der Waals surface area contributed by atoms with Gasteiger partial charge in [0.25, 0.3) is 0 Å². The molecule has 108 valence electrons. The molecule has 5 nitrogen and oxygen atoms in total. The van der Waals surface area contributed by atoms with Gasteiger partial charge in [0.15, 0.2) is 0 Å². The fourth-order valence-electron chi connectivity index (χ4n) is 2.53. The number of ether oxygens (including phenoxy) is 1. The molecule has 2 rings (SSSR count). The van der Waals surface area contributed by atoms with Gasteiger partial charge in [-0.05, 0) is 37.0 Å². The van der Waals surface area contributed by atoms with E-state index in [4.69, 9.17) is 10.5 Å². The zero-order valence-corrected chi connectivity index (χ0v) is 11.7. The number of anilines is 1. The quantitative estimate of drug-likeness (QED) is 0.666. The van der Waals surface area contributed by atoms with Gasteiger partial charge < -0.3 is 15.4 Å². The summed E-state index contributed by atoms with van der Waals surface area (Å²) < 4.78 is 4.74. The van der Waals surface area contributed by atoms with Crippen molar-refractivity contribution in [1.29, 1.82) is 0 Å². The largest absolute Gasteiger partial charge is 0.467 e. The topological polar surface area (TPSA) is 72.6 Å². The number of esters is 1. The number of hydrogen-bond donors (Lipinski definition) is 1. The van der Waals surface area contributed by atoms with Crippen LogP contribution < -0.4 is 5.73 Å². The molecular weight excluding hydrogens is 256 g/mol. The second-order valence-electron chi connectivity index (χ2n) is 5.01. The number of nitrogens with two attached hydrogens (primary N) is 1. The van der Waals surface area contributed by atoms with Crippen LogP contribution in [0.15, 0.2) is 24.3 Å². The molecule has 1 aliphatic rings. The second-order valence-corrected chi connectivity index (χ2v) is 5.01. The average Bonchev–Trinajstić information content (AvgIpc) is 2.95. The van der Waals surface area contributed by atoms with Crippen LogP contribution in [0.1, 0.15) is 24.8 Å². The van der Waals surface area contributed by atoms with E-state index in [0.29, 0.717) is 31.5 Å². The number of nitrogens with zero attached hydrogens (tertiary/aromatic N) is 1. The minimum atomic E-state index is -0.404. The first-order valence-corrected chi connectivity index (χ1v) is 6.83. The van der Waals surface area contributed by atoms with E-state index in [9.17, 15) is 9.59 Å². The molecule has 1 aliphatic heterocycles. The summed E-state index contributed by atoms with van der Waals surface area (Å²) in [5.74, 6) is -0.307. The van der Waals surface area contributed by atoms with Crippen molar-refractivity contribution in [2.24, 2.45) is 0 Å². The SMILES string of the molecule is COC(=O)C1CCCN1C(=O)CCc1ccc(N)cc1. The van der Waals surface area contributed by atoms with Crippen molar-refractivity contribution in [2.45, 2.75) is 31.7 Å². The van der Waals surface area contributed by atoms with Crippen molar-refractivity contribution in [1.82, 2.24) is 4.90 Å². The van der Waals surface area contributed by atoms with Crippen molar-refractivity contribution in [3.05, 3.63) is 29.8 Å². The Labute approximate surface area is 118 Å². The van der Waals surface area contributed by atoms with Crippen LogP contribution in [0.25, 0.3) is 0 Å². The number of nitrogen functional groups attached to an aromatic ring is 1. The van der Waals surface area contributed by atoms with E-state index in [0.717, 1.165) is 12.0 Å². The molecule has 0 spiro atoms. The van der Waals surface area contributed by atoms with Gasteiger partial charge in [0.2, 0.25) is 5.91 Å². The summed E-state index contributed by atoms with van der Waals surface area (Å²) >= 11 is 0. The number of likely N-dealkylation sites (tertiary alicyclic amines) is 1. The molecule has 1 atom stereocenters. The number of carbonyl (C=O) groups excluding carboxylic acids is 2. The van der Waals surface area contributed by atoms with E-state index >= 15 is 0 Å². The minimum absolute atomic E-state index is 0.00900. The second kappa shape index (κ2) is 6.41. The Morgan fingerprint density at radius 1 is 1.35 bits per heavy atom. The predicted octanol–water partition coefficient (Wildman–Crippen LogP) is 1.37. The summed E-state index contributed by atoms with van der Waals surface area (Å²) in [6, 6.07) is 7.09. The number of rotatable bonds is 4. The van der Waals surface area contributed by atoms with Gasteiger partial charge in [0.1, 0.15) is 6.04 Å². The van der Waals surface area contributed by atoms with Crippen LogP contribution in [0.2, 0.25) is 0 Å². The van der Waals surface area contributed by atoms with Gasteiger partial charge in [-0.3, -0.25) is 4.79 Å². The highest BCUT2D eigenvalue weighted by atomic mass is 16.5. The third-order valence-corrected chi connectivity index (χ3v) is 3.65. The predicted molar refractivity (Wildman–Crippen MR) is 75.9 cm³/mol. The summed E-state index contributed by atoms with van der Waals surface area (Å²) in [6.45, 7) is 0.639. The first-order chi connectivity index (χ1) is 9.61. The number of methoxy groups -OCH3 is 1. The van der Waals surface area contributed by atoms with Crippen LogP contribution in [0.5, 0.6) is 0 Å². The summed E-state index contributed by atoms with van der Waals surface area (Å²) in [4.78, 5) is 25.5. The van der Waals surface area contributed by atoms with Gasteiger partial charge in [-0.15, -0.1) is 0 Å². The zero-order chi connectivity index (χ0) is 14.5. The van der Waals surface area contributed by atoms with Gasteiger partial charge in [-0.2, -0.15) is 0 Å². The maximum atomic E-state index is 12.2.